The second-order valence-corrected chi connectivity index (χ2v) is 4.20. The van der Waals surface area contributed by atoms with Crippen LogP contribution >= 0.6 is 0 Å². The molecule has 1 heterocycles. The zero-order chi connectivity index (χ0) is 16.0. The van der Waals surface area contributed by atoms with Crippen LogP contribution in [0.5, 0.6) is 0 Å². The number of hydrogen-bond donors (Lipinski definition) is 0. The van der Waals surface area contributed by atoms with Gasteiger partial charge in [0.05, 0.1) is 16.8 Å². The zero-order valence-electron chi connectivity index (χ0n) is 12.8. The quantitative estimate of drug-likeness (QED) is 0.788. The zero-order valence-corrected chi connectivity index (χ0v) is 12.8. The molecule has 0 aliphatic carbocycles. The predicted octanol–water partition coefficient (Wildman–Crippen LogP) is 3.82. The van der Waals surface area contributed by atoms with E-state index in [9.17, 15) is 9.59 Å². The summed E-state index contributed by atoms with van der Waals surface area (Å²) in [5, 5.41) is 0. The Hall–Kier alpha value is -2.42. The Morgan fingerprint density at radius 1 is 0.952 bits per heavy atom. The van der Waals surface area contributed by atoms with Crippen molar-refractivity contribution in [3.63, 3.8) is 0 Å². The molecule has 3 nitrogen and oxygen atoms in total. The van der Waals surface area contributed by atoms with E-state index in [1.165, 1.54) is 12.2 Å². The molecule has 0 fully saturated rings. The molecule has 1 aromatic rings. The topological polar surface area (TPSA) is 37.4 Å². The Bertz CT molecular complexity index is 564. The van der Waals surface area contributed by atoms with Crippen LogP contribution in [0.1, 0.15) is 26.3 Å². The highest BCUT2D eigenvalue weighted by atomic mass is 16.2. The van der Waals surface area contributed by atoms with Crippen LogP contribution in [-0.4, -0.2) is 11.8 Å². The van der Waals surface area contributed by atoms with Gasteiger partial charge in [-0.1, -0.05) is 58.2 Å². The highest BCUT2D eigenvalue weighted by molar-refractivity contribution is 6.34. The number of carbonyl (C=O) groups is 2. The number of carbonyl (C=O) groups excluding carboxylic acids is 2. The van der Waals surface area contributed by atoms with Crippen LogP contribution in [0.25, 0.3) is 0 Å². The molecule has 0 bridgehead atoms. The van der Waals surface area contributed by atoms with Crippen molar-refractivity contribution < 1.29 is 9.59 Å². The van der Waals surface area contributed by atoms with Gasteiger partial charge in [0, 0.05) is 0 Å². The van der Waals surface area contributed by atoms with Gasteiger partial charge < -0.3 is 0 Å². The van der Waals surface area contributed by atoms with Crippen LogP contribution in [0.4, 0.5) is 5.69 Å². The lowest BCUT2D eigenvalue weighted by atomic mass is 10.1. The number of hydrogen-bond acceptors (Lipinski definition) is 2. The molecule has 0 saturated heterocycles. The Morgan fingerprint density at radius 2 is 1.38 bits per heavy atom. The molecule has 0 radical (unpaired) electrons. The SMILES string of the molecule is C=CC1=C(C=C)C(=O)N(c2ccc(CC)cc2)C1=O.CC. The van der Waals surface area contributed by atoms with E-state index in [4.69, 9.17) is 0 Å². The van der Waals surface area contributed by atoms with Crippen molar-refractivity contribution in [3.05, 3.63) is 66.3 Å². The maximum atomic E-state index is 12.2. The molecular formula is C18H21NO2. The first kappa shape index (κ1) is 16.6. The molecule has 0 unspecified atom stereocenters. The van der Waals surface area contributed by atoms with Crippen LogP contribution in [-0.2, 0) is 16.0 Å². The lowest BCUT2D eigenvalue weighted by Crippen LogP contribution is -2.31. The first-order chi connectivity index (χ1) is 10.1. The van der Waals surface area contributed by atoms with E-state index in [0.717, 1.165) is 16.9 Å². The molecule has 0 spiro atoms. The van der Waals surface area contributed by atoms with Crippen LogP contribution in [0.15, 0.2) is 60.7 Å². The second kappa shape index (κ2) is 7.39. The third-order valence-corrected chi connectivity index (χ3v) is 3.17. The maximum absolute atomic E-state index is 12.2. The Labute approximate surface area is 126 Å². The van der Waals surface area contributed by atoms with Crippen LogP contribution in [0, 0.1) is 0 Å². The summed E-state index contributed by atoms with van der Waals surface area (Å²) in [6, 6.07) is 7.38. The van der Waals surface area contributed by atoms with E-state index in [0.29, 0.717) is 16.8 Å². The highest BCUT2D eigenvalue weighted by Gasteiger charge is 2.36. The van der Waals surface area contributed by atoms with Gasteiger partial charge in [0.15, 0.2) is 0 Å². The van der Waals surface area contributed by atoms with E-state index in [-0.39, 0.29) is 11.8 Å². The minimum absolute atomic E-state index is 0.305. The van der Waals surface area contributed by atoms with Crippen LogP contribution in [0.2, 0.25) is 0 Å². The van der Waals surface area contributed by atoms with E-state index >= 15 is 0 Å². The molecule has 2 amide bonds. The van der Waals surface area contributed by atoms with Crippen LogP contribution in [0.3, 0.4) is 0 Å². The number of imide groups is 1. The van der Waals surface area contributed by atoms with Gasteiger partial charge in [-0.15, -0.1) is 0 Å². The van der Waals surface area contributed by atoms with Gasteiger partial charge in [-0.05, 0) is 24.1 Å². The Kier molecular flexibility index (Phi) is 5.85. The second-order valence-electron chi connectivity index (χ2n) is 4.20. The van der Waals surface area contributed by atoms with E-state index < -0.39 is 0 Å². The van der Waals surface area contributed by atoms with Gasteiger partial charge in [-0.25, -0.2) is 4.90 Å². The average molecular weight is 283 g/mol. The van der Waals surface area contributed by atoms with E-state index in [1.807, 2.05) is 32.9 Å². The molecule has 1 aliphatic heterocycles. The molecule has 3 heteroatoms. The number of rotatable bonds is 4. The highest BCUT2D eigenvalue weighted by Crippen LogP contribution is 2.28. The smallest absolute Gasteiger partial charge is 0.266 e. The molecule has 0 N–H and O–H groups in total. The van der Waals surface area contributed by atoms with E-state index in [1.54, 1.807) is 12.1 Å². The monoisotopic (exact) mass is 283 g/mol. The van der Waals surface area contributed by atoms with Gasteiger partial charge >= 0.3 is 0 Å². The summed E-state index contributed by atoms with van der Waals surface area (Å²) in [6.07, 6.45) is 3.71. The summed E-state index contributed by atoms with van der Waals surface area (Å²) in [6.45, 7) is 13.2. The summed E-state index contributed by atoms with van der Waals surface area (Å²) in [5.41, 5.74) is 2.34. The van der Waals surface area contributed by atoms with Gasteiger partial charge in [-0.2, -0.15) is 0 Å². The number of amides is 2. The lowest BCUT2D eigenvalue weighted by molar-refractivity contribution is -0.120. The first-order valence-electron chi connectivity index (χ1n) is 7.10. The van der Waals surface area contributed by atoms with Crippen molar-refractivity contribution in [3.8, 4) is 0 Å². The minimum Gasteiger partial charge on any atom is -0.268 e. The van der Waals surface area contributed by atoms with Crippen molar-refractivity contribution in [1.82, 2.24) is 0 Å². The van der Waals surface area contributed by atoms with Gasteiger partial charge in [0.25, 0.3) is 11.8 Å². The fraction of sp³-hybridized carbons (Fsp3) is 0.222. The third kappa shape index (κ3) is 3.02. The molecule has 21 heavy (non-hydrogen) atoms. The van der Waals surface area contributed by atoms with Gasteiger partial charge in [0.2, 0.25) is 0 Å². The molecule has 1 aromatic carbocycles. The van der Waals surface area contributed by atoms with Gasteiger partial charge in [0.1, 0.15) is 0 Å². The molecule has 0 atom stereocenters. The Morgan fingerprint density at radius 3 is 1.71 bits per heavy atom. The molecule has 0 aromatic heterocycles. The van der Waals surface area contributed by atoms with Crippen molar-refractivity contribution in [1.29, 1.82) is 0 Å². The maximum Gasteiger partial charge on any atom is 0.266 e. The summed E-state index contributed by atoms with van der Waals surface area (Å²) >= 11 is 0. The molecule has 2 rings (SSSR count). The summed E-state index contributed by atoms with van der Waals surface area (Å²) in [5.74, 6) is -0.696. The third-order valence-electron chi connectivity index (χ3n) is 3.17. The molecule has 1 aliphatic rings. The largest absolute Gasteiger partial charge is 0.268 e. The molecule has 0 saturated carbocycles. The number of aryl methyl sites for hydroxylation is 1. The summed E-state index contributed by atoms with van der Waals surface area (Å²) < 4.78 is 0. The van der Waals surface area contributed by atoms with Crippen LogP contribution < -0.4 is 4.90 Å². The van der Waals surface area contributed by atoms with E-state index in [2.05, 4.69) is 13.2 Å². The first-order valence-corrected chi connectivity index (χ1v) is 7.10. The minimum atomic E-state index is -0.348. The average Bonchev–Trinajstić information content (AvgIpc) is 2.79. The predicted molar refractivity (Wildman–Crippen MR) is 87.1 cm³/mol. The molecule has 110 valence electrons. The van der Waals surface area contributed by atoms with Crippen molar-refractivity contribution in [2.24, 2.45) is 0 Å². The van der Waals surface area contributed by atoms with Crippen molar-refractivity contribution in [2.45, 2.75) is 27.2 Å². The normalized spacial score (nSPS) is 14.0. The fourth-order valence-electron chi connectivity index (χ4n) is 2.07. The lowest BCUT2D eigenvalue weighted by Gasteiger charge is -2.15. The number of anilines is 1. The van der Waals surface area contributed by atoms with Crippen molar-refractivity contribution in [2.75, 3.05) is 4.90 Å². The molecular weight excluding hydrogens is 262 g/mol. The number of nitrogens with zero attached hydrogens (tertiary/aromatic N) is 1. The fourth-order valence-corrected chi connectivity index (χ4v) is 2.07. The summed E-state index contributed by atoms with van der Waals surface area (Å²) in [7, 11) is 0. The number of benzene rings is 1. The Balaban J connectivity index is 0.00000106. The van der Waals surface area contributed by atoms with Gasteiger partial charge in [-0.3, -0.25) is 9.59 Å². The van der Waals surface area contributed by atoms with Crippen molar-refractivity contribution >= 4 is 17.5 Å². The summed E-state index contributed by atoms with van der Waals surface area (Å²) in [4.78, 5) is 25.6. The standard InChI is InChI=1S/C16H15NO2.C2H6/c1-4-11-7-9-12(10-8-11)17-15(18)13(5-2)14(6-3)16(17)19;1-2/h5-10H,2-4H2,1H3;1-2H3.